The van der Waals surface area contributed by atoms with Crippen LogP contribution in [0.15, 0.2) is 97.2 Å². The quantitative estimate of drug-likeness (QED) is 0.0261. The standard InChI is InChI=1S/C65H110O6/c1-4-7-10-13-16-19-22-25-28-30-32-34-37-40-43-46-49-52-55-58-64(67)70-61-62(60-69-63(66)57-54-51-48-45-42-39-36-27-24-21-18-15-12-9-6-3)71-65(68)59-56-53-50-47-44-41-38-35-33-31-29-26-23-20-17-14-11-8-5-2/h8,11,17,20,25-29,33,35-36,41,44,50,53,62H,4-7,9-10,12-16,18-19,21-24,30-32,34,37-40,42-43,45-49,51-52,54-61H2,1-3H3/b11-8-,20-17-,28-25-,29-26-,35-33-,36-27-,44-41-,53-50-/t62-/m0/s1. The molecule has 0 spiro atoms. The van der Waals surface area contributed by atoms with Gasteiger partial charge in [-0.05, 0) is 109 Å². The Labute approximate surface area is 438 Å². The van der Waals surface area contributed by atoms with Crippen molar-refractivity contribution in [2.24, 2.45) is 0 Å². The van der Waals surface area contributed by atoms with Crippen molar-refractivity contribution in [3.63, 3.8) is 0 Å². The topological polar surface area (TPSA) is 78.9 Å². The third-order valence-corrected chi connectivity index (χ3v) is 12.6. The van der Waals surface area contributed by atoms with E-state index in [0.717, 1.165) is 89.9 Å². The summed E-state index contributed by atoms with van der Waals surface area (Å²) in [6.07, 6.45) is 78.4. The summed E-state index contributed by atoms with van der Waals surface area (Å²) >= 11 is 0. The van der Waals surface area contributed by atoms with E-state index in [4.69, 9.17) is 14.2 Å². The Morgan fingerprint density at radius 1 is 0.296 bits per heavy atom. The third-order valence-electron chi connectivity index (χ3n) is 12.6. The van der Waals surface area contributed by atoms with E-state index < -0.39 is 12.1 Å². The third kappa shape index (κ3) is 57.1. The first kappa shape index (κ1) is 67.3. The fraction of sp³-hybridized carbons (Fsp3) is 0.708. The number of unbranched alkanes of at least 4 members (excludes halogenated alkanes) is 26. The maximum Gasteiger partial charge on any atom is 0.306 e. The van der Waals surface area contributed by atoms with Gasteiger partial charge >= 0.3 is 17.9 Å². The van der Waals surface area contributed by atoms with Crippen molar-refractivity contribution in [2.75, 3.05) is 13.2 Å². The Bertz CT molecular complexity index is 1410. The molecule has 6 heteroatoms. The van der Waals surface area contributed by atoms with E-state index in [9.17, 15) is 14.4 Å². The molecule has 0 unspecified atom stereocenters. The molecule has 0 aromatic carbocycles. The summed E-state index contributed by atoms with van der Waals surface area (Å²) in [5.74, 6) is -1.00. The number of ether oxygens (including phenoxy) is 3. The van der Waals surface area contributed by atoms with E-state index in [1.54, 1.807) is 0 Å². The minimum atomic E-state index is -0.823. The summed E-state index contributed by atoms with van der Waals surface area (Å²) in [5, 5.41) is 0. The molecule has 0 heterocycles. The molecule has 0 N–H and O–H groups in total. The van der Waals surface area contributed by atoms with Crippen LogP contribution < -0.4 is 0 Å². The molecule has 0 aliphatic rings. The molecule has 6 nitrogen and oxygen atoms in total. The number of rotatable bonds is 53. The second-order valence-electron chi connectivity index (χ2n) is 19.5. The van der Waals surface area contributed by atoms with Gasteiger partial charge in [-0.2, -0.15) is 0 Å². The van der Waals surface area contributed by atoms with Gasteiger partial charge in [-0.3, -0.25) is 14.4 Å². The van der Waals surface area contributed by atoms with Crippen LogP contribution in [0.2, 0.25) is 0 Å². The summed E-state index contributed by atoms with van der Waals surface area (Å²) in [6.45, 7) is 6.46. The highest BCUT2D eigenvalue weighted by molar-refractivity contribution is 5.71. The molecule has 71 heavy (non-hydrogen) atoms. The maximum atomic E-state index is 12.8. The Kier molecular flexibility index (Phi) is 55.9. The fourth-order valence-electron chi connectivity index (χ4n) is 8.11. The van der Waals surface area contributed by atoms with Gasteiger partial charge < -0.3 is 14.2 Å². The fourth-order valence-corrected chi connectivity index (χ4v) is 8.11. The molecular formula is C65H110O6. The predicted molar refractivity (Wildman–Crippen MR) is 307 cm³/mol. The van der Waals surface area contributed by atoms with E-state index in [0.29, 0.717) is 19.3 Å². The minimum absolute atomic E-state index is 0.111. The van der Waals surface area contributed by atoms with Gasteiger partial charge in [0.05, 0.1) is 0 Å². The molecule has 0 saturated heterocycles. The molecule has 0 saturated carbocycles. The molecule has 0 amide bonds. The van der Waals surface area contributed by atoms with Gasteiger partial charge in [-0.15, -0.1) is 0 Å². The van der Waals surface area contributed by atoms with Gasteiger partial charge in [0.25, 0.3) is 0 Å². The van der Waals surface area contributed by atoms with E-state index in [1.807, 2.05) is 6.08 Å². The van der Waals surface area contributed by atoms with Gasteiger partial charge in [-0.1, -0.05) is 246 Å². The Balaban J connectivity index is 4.50. The zero-order valence-corrected chi connectivity index (χ0v) is 46.5. The van der Waals surface area contributed by atoms with Crippen molar-refractivity contribution >= 4 is 17.9 Å². The summed E-state index contributed by atoms with van der Waals surface area (Å²) < 4.78 is 16.8. The second-order valence-corrected chi connectivity index (χ2v) is 19.5. The van der Waals surface area contributed by atoms with E-state index in [2.05, 4.69) is 112 Å². The lowest BCUT2D eigenvalue weighted by Crippen LogP contribution is -2.30. The maximum absolute atomic E-state index is 12.8. The molecule has 1 atom stereocenters. The van der Waals surface area contributed by atoms with Crippen molar-refractivity contribution in [3.05, 3.63) is 97.2 Å². The number of esters is 3. The molecule has 0 radical (unpaired) electrons. The lowest BCUT2D eigenvalue weighted by atomic mass is 10.1. The Morgan fingerprint density at radius 2 is 0.577 bits per heavy atom. The monoisotopic (exact) mass is 987 g/mol. The van der Waals surface area contributed by atoms with Crippen LogP contribution in [0.1, 0.15) is 278 Å². The molecule has 0 aliphatic heterocycles. The minimum Gasteiger partial charge on any atom is -0.462 e. The largest absolute Gasteiger partial charge is 0.462 e. The van der Waals surface area contributed by atoms with Gasteiger partial charge in [0.15, 0.2) is 6.10 Å². The SMILES string of the molecule is CC/C=C\C/C=C\C/C=C\C/C=C\C/C=C\C/C=C\CCC(=O)O[C@@H](COC(=O)CCCCCCC/C=C\CCCCCCCC)COC(=O)CCCCCCCCCCC/C=C\CCCCCCCC. The van der Waals surface area contributed by atoms with Crippen molar-refractivity contribution < 1.29 is 28.6 Å². The average molecular weight is 988 g/mol. The highest BCUT2D eigenvalue weighted by Crippen LogP contribution is 2.15. The summed E-state index contributed by atoms with van der Waals surface area (Å²) in [7, 11) is 0. The normalized spacial score (nSPS) is 12.8. The molecule has 0 fully saturated rings. The molecular weight excluding hydrogens is 877 g/mol. The molecule has 0 bridgehead atoms. The van der Waals surface area contributed by atoms with Crippen LogP contribution in [0.5, 0.6) is 0 Å². The van der Waals surface area contributed by atoms with Crippen LogP contribution >= 0.6 is 0 Å². The second kappa shape index (κ2) is 58.9. The van der Waals surface area contributed by atoms with Gasteiger partial charge in [-0.25, -0.2) is 0 Å². The van der Waals surface area contributed by atoms with Gasteiger partial charge in [0, 0.05) is 19.3 Å². The first-order chi connectivity index (χ1) is 35.0. The van der Waals surface area contributed by atoms with Crippen LogP contribution in [-0.2, 0) is 28.6 Å². The van der Waals surface area contributed by atoms with Crippen molar-refractivity contribution in [2.45, 2.75) is 284 Å². The van der Waals surface area contributed by atoms with Crippen molar-refractivity contribution in [1.29, 1.82) is 0 Å². The number of hydrogen-bond donors (Lipinski definition) is 0. The van der Waals surface area contributed by atoms with E-state index in [-0.39, 0.29) is 31.6 Å². The van der Waals surface area contributed by atoms with E-state index >= 15 is 0 Å². The number of allylic oxidation sites excluding steroid dienone is 16. The van der Waals surface area contributed by atoms with Crippen molar-refractivity contribution in [1.82, 2.24) is 0 Å². The molecule has 0 aromatic heterocycles. The summed E-state index contributed by atoms with van der Waals surface area (Å²) in [5.41, 5.74) is 0. The zero-order chi connectivity index (χ0) is 51.4. The summed E-state index contributed by atoms with van der Waals surface area (Å²) in [6, 6.07) is 0. The smallest absolute Gasteiger partial charge is 0.306 e. The summed E-state index contributed by atoms with van der Waals surface area (Å²) in [4.78, 5) is 38.2. The molecule has 406 valence electrons. The number of hydrogen-bond acceptors (Lipinski definition) is 6. The van der Waals surface area contributed by atoms with Crippen LogP contribution in [0.4, 0.5) is 0 Å². The van der Waals surface area contributed by atoms with Gasteiger partial charge in [0.1, 0.15) is 13.2 Å². The van der Waals surface area contributed by atoms with Crippen LogP contribution in [0.3, 0.4) is 0 Å². The number of carbonyl (C=O) groups excluding carboxylic acids is 3. The molecule has 0 aromatic rings. The molecule has 0 aliphatic carbocycles. The average Bonchev–Trinajstić information content (AvgIpc) is 3.37. The highest BCUT2D eigenvalue weighted by atomic mass is 16.6. The van der Waals surface area contributed by atoms with Crippen LogP contribution in [-0.4, -0.2) is 37.2 Å². The number of carbonyl (C=O) groups is 3. The Hall–Kier alpha value is -3.67. The lowest BCUT2D eigenvalue weighted by Gasteiger charge is -2.18. The highest BCUT2D eigenvalue weighted by Gasteiger charge is 2.19. The van der Waals surface area contributed by atoms with Crippen LogP contribution in [0.25, 0.3) is 0 Å². The van der Waals surface area contributed by atoms with E-state index in [1.165, 1.54) is 141 Å². The van der Waals surface area contributed by atoms with Gasteiger partial charge in [0.2, 0.25) is 0 Å². The molecule has 0 rings (SSSR count). The first-order valence-corrected chi connectivity index (χ1v) is 29.7. The van der Waals surface area contributed by atoms with Crippen molar-refractivity contribution in [3.8, 4) is 0 Å². The predicted octanol–water partition coefficient (Wildman–Crippen LogP) is 20.1. The first-order valence-electron chi connectivity index (χ1n) is 29.7. The lowest BCUT2D eigenvalue weighted by molar-refractivity contribution is -0.166. The Morgan fingerprint density at radius 3 is 0.915 bits per heavy atom. The zero-order valence-electron chi connectivity index (χ0n) is 46.5. The van der Waals surface area contributed by atoms with Crippen LogP contribution in [0, 0.1) is 0 Å².